The fourth-order valence-electron chi connectivity index (χ4n) is 2.20. The molecular weight excluding hydrogens is 382 g/mol. The molecule has 2 heterocycles. The quantitative estimate of drug-likeness (QED) is 0.523. The van der Waals surface area contributed by atoms with Crippen LogP contribution in [0.25, 0.3) is 6.08 Å². The van der Waals surface area contributed by atoms with Crippen molar-refractivity contribution in [3.05, 3.63) is 58.6 Å². The summed E-state index contributed by atoms with van der Waals surface area (Å²) in [5.74, 6) is -0.749. The van der Waals surface area contributed by atoms with Gasteiger partial charge in [-0.25, -0.2) is 9.97 Å². The molecule has 0 spiro atoms. The summed E-state index contributed by atoms with van der Waals surface area (Å²) in [7, 11) is 0. The molecule has 9 heteroatoms. The third-order valence-corrected chi connectivity index (χ3v) is 4.87. The summed E-state index contributed by atoms with van der Waals surface area (Å²) in [6.07, 6.45) is 2.94. The lowest BCUT2D eigenvalue weighted by atomic mass is 10.2. The van der Waals surface area contributed by atoms with Crippen LogP contribution >= 0.6 is 22.7 Å². The monoisotopic (exact) mass is 395 g/mol. The Morgan fingerprint density at radius 3 is 2.67 bits per heavy atom. The molecular formula is C18H13N5O2S2. The fraction of sp³-hybridized carbons (Fsp3) is 0.0556. The van der Waals surface area contributed by atoms with Crippen LogP contribution in [0.2, 0.25) is 0 Å². The molecule has 3 aromatic rings. The summed E-state index contributed by atoms with van der Waals surface area (Å²) in [6.45, 7) is 1.45. The van der Waals surface area contributed by atoms with Gasteiger partial charge < -0.3 is 0 Å². The average molecular weight is 395 g/mol. The van der Waals surface area contributed by atoms with Crippen molar-refractivity contribution in [2.24, 2.45) is 0 Å². The molecule has 0 aliphatic rings. The van der Waals surface area contributed by atoms with Crippen molar-refractivity contribution in [1.82, 2.24) is 9.97 Å². The van der Waals surface area contributed by atoms with E-state index in [0.717, 1.165) is 0 Å². The van der Waals surface area contributed by atoms with Crippen LogP contribution in [0.4, 0.5) is 16.0 Å². The first kappa shape index (κ1) is 18.4. The van der Waals surface area contributed by atoms with Gasteiger partial charge in [0.05, 0.1) is 11.4 Å². The van der Waals surface area contributed by atoms with Gasteiger partial charge in [0.2, 0.25) is 5.91 Å². The second-order valence-electron chi connectivity index (χ2n) is 5.21. The molecule has 3 rings (SSSR count). The molecule has 0 radical (unpaired) electrons. The van der Waals surface area contributed by atoms with E-state index in [4.69, 9.17) is 0 Å². The Labute approximate surface area is 163 Å². The predicted octanol–water partition coefficient (Wildman–Crippen LogP) is 3.83. The maximum absolute atomic E-state index is 12.2. The van der Waals surface area contributed by atoms with Gasteiger partial charge in [0, 0.05) is 23.9 Å². The zero-order chi connectivity index (χ0) is 19.2. The van der Waals surface area contributed by atoms with Crippen LogP contribution in [0.5, 0.6) is 0 Å². The van der Waals surface area contributed by atoms with E-state index in [1.165, 1.54) is 40.6 Å². The van der Waals surface area contributed by atoms with E-state index < -0.39 is 5.91 Å². The van der Waals surface area contributed by atoms with E-state index in [0.29, 0.717) is 21.6 Å². The first-order valence-electron chi connectivity index (χ1n) is 7.72. The maximum atomic E-state index is 12.2. The summed E-state index contributed by atoms with van der Waals surface area (Å²) in [5.41, 5.74) is 1.01. The van der Waals surface area contributed by atoms with Gasteiger partial charge in [-0.05, 0) is 18.2 Å². The SMILES string of the molecule is CC(=O)N(c1ccccc1)c1nc(C=C(C#N)C(=O)Nc2nccs2)cs1. The number of carbonyl (C=O) groups is 2. The van der Waals surface area contributed by atoms with Gasteiger partial charge in [-0.3, -0.25) is 19.8 Å². The van der Waals surface area contributed by atoms with Gasteiger partial charge in [0.25, 0.3) is 5.91 Å². The molecule has 0 saturated heterocycles. The number of nitriles is 1. The number of hydrogen-bond donors (Lipinski definition) is 1. The Bertz CT molecular complexity index is 1020. The van der Waals surface area contributed by atoms with Gasteiger partial charge >= 0.3 is 0 Å². The van der Waals surface area contributed by atoms with Crippen LogP contribution in [0.3, 0.4) is 0 Å². The third kappa shape index (κ3) is 4.44. The number of benzene rings is 1. The van der Waals surface area contributed by atoms with Crippen LogP contribution in [-0.4, -0.2) is 21.8 Å². The Morgan fingerprint density at radius 1 is 1.26 bits per heavy atom. The first-order chi connectivity index (χ1) is 13.1. The molecule has 1 N–H and O–H groups in total. The van der Waals surface area contributed by atoms with Crippen molar-refractivity contribution < 1.29 is 9.59 Å². The van der Waals surface area contributed by atoms with E-state index in [1.54, 1.807) is 29.1 Å². The average Bonchev–Trinajstić information content (AvgIpc) is 3.32. The first-order valence-corrected chi connectivity index (χ1v) is 9.48. The normalized spacial score (nSPS) is 10.9. The van der Waals surface area contributed by atoms with Crippen LogP contribution in [0.1, 0.15) is 12.6 Å². The zero-order valence-corrected chi connectivity index (χ0v) is 15.8. The summed E-state index contributed by atoms with van der Waals surface area (Å²) in [5, 5.41) is 16.1. The third-order valence-electron chi connectivity index (χ3n) is 3.34. The highest BCUT2D eigenvalue weighted by Crippen LogP contribution is 2.29. The van der Waals surface area contributed by atoms with Crippen molar-refractivity contribution in [2.75, 3.05) is 10.2 Å². The van der Waals surface area contributed by atoms with E-state index in [9.17, 15) is 14.9 Å². The molecule has 2 aromatic heterocycles. The van der Waals surface area contributed by atoms with E-state index in [1.807, 2.05) is 24.3 Å². The molecule has 0 atom stereocenters. The second kappa shape index (κ2) is 8.35. The van der Waals surface area contributed by atoms with Gasteiger partial charge in [-0.15, -0.1) is 22.7 Å². The molecule has 0 unspecified atom stereocenters. The maximum Gasteiger partial charge on any atom is 0.268 e. The number of anilines is 3. The number of para-hydroxylation sites is 1. The standard InChI is InChI=1S/C18H13N5O2S2/c1-12(24)23(15-5-3-2-4-6-15)18-21-14(11-27-18)9-13(10-19)16(25)22-17-20-7-8-26-17/h2-9,11H,1H3,(H,20,22,25). The number of aromatic nitrogens is 2. The lowest BCUT2D eigenvalue weighted by Crippen LogP contribution is -2.22. The molecule has 0 bridgehead atoms. The second-order valence-corrected chi connectivity index (χ2v) is 6.94. The summed E-state index contributed by atoms with van der Waals surface area (Å²) < 4.78 is 0. The number of nitrogens with one attached hydrogen (secondary N) is 1. The number of thiazole rings is 2. The smallest absolute Gasteiger partial charge is 0.268 e. The lowest BCUT2D eigenvalue weighted by Gasteiger charge is -2.17. The highest BCUT2D eigenvalue weighted by molar-refractivity contribution is 7.14. The minimum atomic E-state index is -0.562. The molecule has 2 amide bonds. The van der Waals surface area contributed by atoms with E-state index >= 15 is 0 Å². The molecule has 134 valence electrons. The molecule has 1 aromatic carbocycles. The zero-order valence-electron chi connectivity index (χ0n) is 14.1. The Morgan fingerprint density at radius 2 is 2.04 bits per heavy atom. The molecule has 7 nitrogen and oxygen atoms in total. The van der Waals surface area contributed by atoms with Crippen molar-refractivity contribution in [1.29, 1.82) is 5.26 Å². The Kier molecular flexibility index (Phi) is 5.71. The van der Waals surface area contributed by atoms with Crippen LogP contribution in [0.15, 0.2) is 52.9 Å². The molecule has 0 fully saturated rings. The van der Waals surface area contributed by atoms with Crippen molar-refractivity contribution >= 4 is 56.5 Å². The fourth-order valence-corrected chi connectivity index (χ4v) is 3.56. The summed E-state index contributed by atoms with van der Waals surface area (Å²) in [4.78, 5) is 34.1. The predicted molar refractivity (Wildman–Crippen MR) is 106 cm³/mol. The van der Waals surface area contributed by atoms with Crippen LogP contribution < -0.4 is 10.2 Å². The number of nitrogens with zero attached hydrogens (tertiary/aromatic N) is 4. The molecule has 0 saturated carbocycles. The Hall–Kier alpha value is -3.35. The van der Waals surface area contributed by atoms with E-state index in [-0.39, 0.29) is 11.5 Å². The number of carbonyl (C=O) groups excluding carboxylic acids is 2. The van der Waals surface area contributed by atoms with Crippen molar-refractivity contribution in [2.45, 2.75) is 6.92 Å². The van der Waals surface area contributed by atoms with Gasteiger partial charge in [0.15, 0.2) is 10.3 Å². The highest BCUT2D eigenvalue weighted by atomic mass is 32.1. The summed E-state index contributed by atoms with van der Waals surface area (Å²) in [6, 6.07) is 11.0. The van der Waals surface area contributed by atoms with Gasteiger partial charge in [0.1, 0.15) is 11.6 Å². The summed E-state index contributed by atoms with van der Waals surface area (Å²) >= 11 is 2.51. The lowest BCUT2D eigenvalue weighted by molar-refractivity contribution is -0.116. The van der Waals surface area contributed by atoms with Crippen molar-refractivity contribution in [3.63, 3.8) is 0 Å². The minimum absolute atomic E-state index is 0.101. The molecule has 0 aliphatic carbocycles. The van der Waals surface area contributed by atoms with Crippen LogP contribution in [0, 0.1) is 11.3 Å². The number of hydrogen-bond acceptors (Lipinski definition) is 7. The number of rotatable bonds is 5. The minimum Gasteiger partial charge on any atom is -0.297 e. The van der Waals surface area contributed by atoms with Gasteiger partial charge in [-0.1, -0.05) is 18.2 Å². The topological polar surface area (TPSA) is 99.0 Å². The van der Waals surface area contributed by atoms with Crippen molar-refractivity contribution in [3.8, 4) is 6.07 Å². The molecule has 27 heavy (non-hydrogen) atoms. The Balaban J connectivity index is 1.85. The van der Waals surface area contributed by atoms with Crippen LogP contribution in [-0.2, 0) is 9.59 Å². The largest absolute Gasteiger partial charge is 0.297 e. The number of amides is 2. The highest BCUT2D eigenvalue weighted by Gasteiger charge is 2.18. The van der Waals surface area contributed by atoms with E-state index in [2.05, 4.69) is 15.3 Å². The molecule has 0 aliphatic heterocycles. The van der Waals surface area contributed by atoms with Gasteiger partial charge in [-0.2, -0.15) is 5.26 Å².